The molecule has 0 heterocycles. The van der Waals surface area contributed by atoms with Crippen molar-refractivity contribution in [3.05, 3.63) is 35.4 Å². The molecule has 0 aromatic heterocycles. The fourth-order valence-electron chi connectivity index (χ4n) is 2.05. The Bertz CT molecular complexity index is 323. The highest BCUT2D eigenvalue weighted by Gasteiger charge is 2.00. The van der Waals surface area contributed by atoms with Crippen molar-refractivity contribution in [3.63, 3.8) is 0 Å². The average molecular weight is 249 g/mol. The molecular formula is C16H27NO. The number of ether oxygens (including phenoxy) is 1. The largest absolute Gasteiger partial charge is 0.380 e. The molecular weight excluding hydrogens is 222 g/mol. The Labute approximate surface area is 112 Å². The lowest BCUT2D eigenvalue weighted by atomic mass is 10.1. The Morgan fingerprint density at radius 2 is 1.83 bits per heavy atom. The highest BCUT2D eigenvalue weighted by Crippen LogP contribution is 2.10. The Balaban J connectivity index is 2.22. The standard InChI is InChI=1S/C16H27NO/c1-14(2)8-6-7-11-17-12-15-9-4-5-10-16(15)13-18-3/h4-5,9-10,14,17H,6-8,11-13H2,1-3H3. The molecule has 0 spiro atoms. The minimum absolute atomic E-state index is 0.700. The summed E-state index contributed by atoms with van der Waals surface area (Å²) >= 11 is 0. The number of hydrogen-bond acceptors (Lipinski definition) is 2. The number of rotatable bonds is 9. The van der Waals surface area contributed by atoms with Crippen LogP contribution in [0.3, 0.4) is 0 Å². The molecule has 0 saturated heterocycles. The van der Waals surface area contributed by atoms with E-state index in [-0.39, 0.29) is 0 Å². The number of hydrogen-bond donors (Lipinski definition) is 1. The van der Waals surface area contributed by atoms with Crippen molar-refractivity contribution < 1.29 is 4.74 Å². The molecule has 0 fully saturated rings. The number of methoxy groups -OCH3 is 1. The highest BCUT2D eigenvalue weighted by atomic mass is 16.5. The van der Waals surface area contributed by atoms with Crippen LogP contribution in [0.15, 0.2) is 24.3 Å². The van der Waals surface area contributed by atoms with Crippen molar-refractivity contribution >= 4 is 0 Å². The fraction of sp³-hybridized carbons (Fsp3) is 0.625. The van der Waals surface area contributed by atoms with Crippen molar-refractivity contribution in [1.82, 2.24) is 5.32 Å². The van der Waals surface area contributed by atoms with Gasteiger partial charge in [-0.25, -0.2) is 0 Å². The molecule has 2 heteroatoms. The van der Waals surface area contributed by atoms with Crippen LogP contribution >= 0.6 is 0 Å². The molecule has 1 aromatic rings. The van der Waals surface area contributed by atoms with Gasteiger partial charge in [0.15, 0.2) is 0 Å². The maximum absolute atomic E-state index is 5.21. The molecule has 0 radical (unpaired) electrons. The van der Waals surface area contributed by atoms with Crippen LogP contribution in [-0.4, -0.2) is 13.7 Å². The van der Waals surface area contributed by atoms with E-state index in [1.54, 1.807) is 7.11 Å². The van der Waals surface area contributed by atoms with Gasteiger partial charge in [0, 0.05) is 13.7 Å². The Kier molecular flexibility index (Phi) is 7.70. The predicted molar refractivity (Wildman–Crippen MR) is 77.6 cm³/mol. The first-order valence-electron chi connectivity index (χ1n) is 7.00. The van der Waals surface area contributed by atoms with Crippen molar-refractivity contribution in [3.8, 4) is 0 Å². The fourth-order valence-corrected chi connectivity index (χ4v) is 2.05. The quantitative estimate of drug-likeness (QED) is 0.673. The maximum atomic E-state index is 5.21. The van der Waals surface area contributed by atoms with Gasteiger partial charge >= 0.3 is 0 Å². The van der Waals surface area contributed by atoms with Crippen molar-refractivity contribution in [2.45, 2.75) is 46.3 Å². The van der Waals surface area contributed by atoms with Crippen LogP contribution in [0, 0.1) is 5.92 Å². The maximum Gasteiger partial charge on any atom is 0.0716 e. The summed E-state index contributed by atoms with van der Waals surface area (Å²) in [5.74, 6) is 0.826. The van der Waals surface area contributed by atoms with Crippen LogP contribution in [0.1, 0.15) is 44.2 Å². The van der Waals surface area contributed by atoms with Gasteiger partial charge in [-0.2, -0.15) is 0 Å². The van der Waals surface area contributed by atoms with Gasteiger partial charge in [0.1, 0.15) is 0 Å². The molecule has 0 aliphatic rings. The van der Waals surface area contributed by atoms with Crippen LogP contribution in [0.25, 0.3) is 0 Å². The first kappa shape index (κ1) is 15.2. The minimum Gasteiger partial charge on any atom is -0.380 e. The Morgan fingerprint density at radius 3 is 2.50 bits per heavy atom. The monoisotopic (exact) mass is 249 g/mol. The Hall–Kier alpha value is -0.860. The third-order valence-electron chi connectivity index (χ3n) is 3.12. The summed E-state index contributed by atoms with van der Waals surface area (Å²) in [6.07, 6.45) is 3.93. The van der Waals surface area contributed by atoms with Gasteiger partial charge in [0.2, 0.25) is 0 Å². The first-order valence-corrected chi connectivity index (χ1v) is 7.00. The average Bonchev–Trinajstić information content (AvgIpc) is 2.35. The van der Waals surface area contributed by atoms with Gasteiger partial charge in [-0.05, 0) is 30.0 Å². The van der Waals surface area contributed by atoms with Crippen LogP contribution in [0.5, 0.6) is 0 Å². The van der Waals surface area contributed by atoms with Gasteiger partial charge in [-0.1, -0.05) is 51.0 Å². The predicted octanol–water partition coefficient (Wildman–Crippen LogP) is 3.75. The van der Waals surface area contributed by atoms with E-state index in [2.05, 4.69) is 43.4 Å². The summed E-state index contributed by atoms with van der Waals surface area (Å²) in [4.78, 5) is 0. The SMILES string of the molecule is COCc1ccccc1CNCCCCC(C)C. The van der Waals surface area contributed by atoms with E-state index in [0.29, 0.717) is 6.61 Å². The summed E-state index contributed by atoms with van der Waals surface area (Å²) in [6, 6.07) is 8.48. The van der Waals surface area contributed by atoms with Crippen molar-refractivity contribution in [2.75, 3.05) is 13.7 Å². The second-order valence-electron chi connectivity index (χ2n) is 5.27. The molecule has 1 N–H and O–H groups in total. The van der Waals surface area contributed by atoms with Crippen molar-refractivity contribution in [2.24, 2.45) is 5.92 Å². The van der Waals surface area contributed by atoms with Gasteiger partial charge in [-0.15, -0.1) is 0 Å². The van der Waals surface area contributed by atoms with Crippen LogP contribution in [0.2, 0.25) is 0 Å². The van der Waals surface area contributed by atoms with E-state index in [1.807, 2.05) is 0 Å². The molecule has 1 aromatic carbocycles. The van der Waals surface area contributed by atoms with E-state index in [1.165, 1.54) is 30.4 Å². The number of nitrogens with one attached hydrogen (secondary N) is 1. The van der Waals surface area contributed by atoms with E-state index in [4.69, 9.17) is 4.74 Å². The molecule has 0 bridgehead atoms. The minimum atomic E-state index is 0.700. The zero-order chi connectivity index (χ0) is 13.2. The van der Waals surface area contributed by atoms with E-state index in [9.17, 15) is 0 Å². The molecule has 0 unspecified atom stereocenters. The number of unbranched alkanes of at least 4 members (excludes halogenated alkanes) is 1. The normalized spacial score (nSPS) is 11.1. The lowest BCUT2D eigenvalue weighted by Gasteiger charge is -2.10. The molecule has 0 aliphatic heterocycles. The van der Waals surface area contributed by atoms with Gasteiger partial charge < -0.3 is 10.1 Å². The molecule has 2 nitrogen and oxygen atoms in total. The summed E-state index contributed by atoms with van der Waals surface area (Å²) in [5, 5.41) is 3.52. The third-order valence-corrected chi connectivity index (χ3v) is 3.12. The van der Waals surface area contributed by atoms with E-state index < -0.39 is 0 Å². The van der Waals surface area contributed by atoms with Crippen LogP contribution in [-0.2, 0) is 17.9 Å². The van der Waals surface area contributed by atoms with E-state index in [0.717, 1.165) is 19.0 Å². The van der Waals surface area contributed by atoms with E-state index >= 15 is 0 Å². The summed E-state index contributed by atoms with van der Waals surface area (Å²) in [7, 11) is 1.75. The second-order valence-corrected chi connectivity index (χ2v) is 5.27. The molecule has 0 atom stereocenters. The lowest BCUT2D eigenvalue weighted by Crippen LogP contribution is -2.16. The topological polar surface area (TPSA) is 21.3 Å². The highest BCUT2D eigenvalue weighted by molar-refractivity contribution is 5.26. The Morgan fingerprint density at radius 1 is 1.11 bits per heavy atom. The molecule has 1 rings (SSSR count). The molecule has 0 amide bonds. The zero-order valence-electron chi connectivity index (χ0n) is 12.0. The van der Waals surface area contributed by atoms with Gasteiger partial charge in [0.25, 0.3) is 0 Å². The summed E-state index contributed by atoms with van der Waals surface area (Å²) in [5.41, 5.74) is 2.64. The molecule has 102 valence electrons. The second kappa shape index (κ2) is 9.12. The smallest absolute Gasteiger partial charge is 0.0716 e. The first-order chi connectivity index (χ1) is 8.74. The molecule has 0 aliphatic carbocycles. The van der Waals surface area contributed by atoms with Crippen LogP contribution < -0.4 is 5.32 Å². The van der Waals surface area contributed by atoms with Crippen LogP contribution in [0.4, 0.5) is 0 Å². The lowest BCUT2D eigenvalue weighted by molar-refractivity contribution is 0.184. The zero-order valence-corrected chi connectivity index (χ0v) is 12.0. The molecule has 18 heavy (non-hydrogen) atoms. The van der Waals surface area contributed by atoms with Gasteiger partial charge in [-0.3, -0.25) is 0 Å². The molecule has 0 saturated carbocycles. The van der Waals surface area contributed by atoms with Crippen molar-refractivity contribution in [1.29, 1.82) is 0 Å². The third kappa shape index (κ3) is 6.18. The summed E-state index contributed by atoms with van der Waals surface area (Å²) < 4.78 is 5.21. The summed E-state index contributed by atoms with van der Waals surface area (Å²) in [6.45, 7) is 7.32. The van der Waals surface area contributed by atoms with Gasteiger partial charge in [0.05, 0.1) is 6.61 Å². The number of benzene rings is 1.